The molecule has 0 radical (unpaired) electrons. The molecule has 0 saturated carbocycles. The van der Waals surface area contributed by atoms with E-state index >= 15 is 0 Å². The summed E-state index contributed by atoms with van der Waals surface area (Å²) in [6.07, 6.45) is -8.23. The molecule has 1 aromatic rings. The van der Waals surface area contributed by atoms with Crippen molar-refractivity contribution in [1.29, 1.82) is 0 Å². The lowest BCUT2D eigenvalue weighted by atomic mass is 9.85. The number of para-hydroxylation sites is 1. The third-order valence-electron chi connectivity index (χ3n) is 5.53. The number of halogens is 25. The minimum atomic E-state index is -9.76. The van der Waals surface area contributed by atoms with Crippen molar-refractivity contribution in [1.82, 2.24) is 0 Å². The molecular formula is C18H5F25O3S. The highest BCUT2D eigenvalue weighted by atomic mass is 32.2. The second-order valence-electron chi connectivity index (χ2n) is 8.61. The lowest BCUT2D eigenvalue weighted by Gasteiger charge is -2.45. The summed E-state index contributed by atoms with van der Waals surface area (Å²) in [7, 11) is -7.95. The fourth-order valence-electron chi connectivity index (χ4n) is 2.75. The van der Waals surface area contributed by atoms with E-state index < -0.39 is 86.5 Å². The van der Waals surface area contributed by atoms with E-state index in [2.05, 4.69) is 4.18 Å². The van der Waals surface area contributed by atoms with Gasteiger partial charge in [-0.2, -0.15) is 118 Å². The third-order valence-corrected chi connectivity index (χ3v) is 6.83. The molecule has 0 spiro atoms. The van der Waals surface area contributed by atoms with Gasteiger partial charge in [0.1, 0.15) is 5.75 Å². The first-order valence-electron chi connectivity index (χ1n) is 10.3. The molecule has 0 saturated heterocycles. The maximum Gasteiger partial charge on any atom is 0.460 e. The molecule has 0 heterocycles. The Bertz CT molecular complexity index is 1400. The van der Waals surface area contributed by atoms with Gasteiger partial charge in [0.05, 0.1) is 0 Å². The summed E-state index contributed by atoms with van der Waals surface area (Å²) in [4.78, 5) is 0. The van der Waals surface area contributed by atoms with Crippen LogP contribution in [0.1, 0.15) is 0 Å². The van der Waals surface area contributed by atoms with Crippen LogP contribution in [-0.4, -0.2) is 79.1 Å². The zero-order chi connectivity index (χ0) is 38.3. The van der Waals surface area contributed by atoms with Gasteiger partial charge in [-0.25, -0.2) is 0 Å². The van der Waals surface area contributed by atoms with Crippen LogP contribution in [0, 0.1) is 0 Å². The van der Waals surface area contributed by atoms with Crippen molar-refractivity contribution in [3.63, 3.8) is 0 Å². The largest absolute Gasteiger partial charge is 0.460 e. The molecule has 0 fully saturated rings. The van der Waals surface area contributed by atoms with E-state index in [1.165, 1.54) is 0 Å². The molecule has 0 atom stereocenters. The van der Waals surface area contributed by atoms with Gasteiger partial charge in [-0.1, -0.05) is 18.2 Å². The van der Waals surface area contributed by atoms with Crippen LogP contribution >= 0.6 is 0 Å². The van der Waals surface area contributed by atoms with Gasteiger partial charge in [-0.05, 0) is 12.1 Å². The Kier molecular flexibility index (Phi) is 9.76. The van der Waals surface area contributed by atoms with E-state index in [4.69, 9.17) is 0 Å². The maximum absolute atomic E-state index is 14.0. The van der Waals surface area contributed by atoms with Gasteiger partial charge in [0.2, 0.25) is 0 Å². The van der Waals surface area contributed by atoms with Crippen LogP contribution in [0.5, 0.6) is 5.75 Å². The minimum absolute atomic E-state index is 0.194. The Morgan fingerprint density at radius 2 is 0.596 bits per heavy atom. The molecule has 3 nitrogen and oxygen atoms in total. The van der Waals surface area contributed by atoms with E-state index in [0.717, 1.165) is 6.07 Å². The Labute approximate surface area is 240 Å². The summed E-state index contributed by atoms with van der Waals surface area (Å²) in [6, 6.07) is 2.43. The summed E-state index contributed by atoms with van der Waals surface area (Å²) >= 11 is 0. The summed E-state index contributed by atoms with van der Waals surface area (Å²) in [6.45, 7) is 0. The van der Waals surface area contributed by atoms with E-state index in [-0.39, 0.29) is 12.1 Å². The molecular weight excluding hydrogens is 771 g/mol. The highest BCUT2D eigenvalue weighted by Crippen LogP contribution is 2.68. The number of benzene rings is 1. The van der Waals surface area contributed by atoms with Crippen molar-refractivity contribution in [3.8, 4) is 5.75 Å². The molecule has 0 aliphatic carbocycles. The van der Waals surface area contributed by atoms with Crippen LogP contribution in [0.15, 0.2) is 30.3 Å². The van der Waals surface area contributed by atoms with Gasteiger partial charge in [-0.15, -0.1) is 0 Å². The van der Waals surface area contributed by atoms with Crippen LogP contribution in [0.3, 0.4) is 0 Å². The molecule has 1 rings (SSSR count). The average molecular weight is 776 g/mol. The topological polar surface area (TPSA) is 43.4 Å². The predicted octanol–water partition coefficient (Wildman–Crippen LogP) is 8.90. The Morgan fingerprint density at radius 3 is 0.851 bits per heavy atom. The average Bonchev–Trinajstić information content (AvgIpc) is 2.86. The van der Waals surface area contributed by atoms with Gasteiger partial charge < -0.3 is 4.18 Å². The monoisotopic (exact) mass is 776 g/mol. The van der Waals surface area contributed by atoms with E-state index in [1.807, 2.05) is 0 Å². The molecule has 0 unspecified atom stereocenters. The van der Waals surface area contributed by atoms with Crippen LogP contribution in [0.4, 0.5) is 110 Å². The van der Waals surface area contributed by atoms with Crippen molar-refractivity contribution in [2.24, 2.45) is 0 Å². The molecule has 0 amide bonds. The second kappa shape index (κ2) is 10.9. The molecule has 0 N–H and O–H groups in total. The molecule has 0 aliphatic heterocycles. The predicted molar refractivity (Wildman–Crippen MR) is 96.5 cm³/mol. The Morgan fingerprint density at radius 1 is 0.362 bits per heavy atom. The number of hydrogen-bond donors (Lipinski definition) is 0. The lowest BCUT2D eigenvalue weighted by molar-refractivity contribution is -0.480. The van der Waals surface area contributed by atoms with Crippen LogP contribution in [0.25, 0.3) is 0 Å². The molecule has 29 heteroatoms. The first kappa shape index (κ1) is 42.2. The number of alkyl halides is 25. The molecule has 276 valence electrons. The minimum Gasteiger partial charge on any atom is -0.378 e. The standard InChI is InChI=1S/C18H5F25O3S/c19-7(20,9(23,24)11(27,28)13(31,32)15(35,36)17(39,40)41)8(21,22)10(25,26)12(29,30)14(33,34)16(37,38)18(42,43)47(44,45)46-6-4-2-1-3-5-6/h1-5H. The van der Waals surface area contributed by atoms with Gasteiger partial charge >= 0.3 is 80.8 Å². The van der Waals surface area contributed by atoms with Crippen molar-refractivity contribution in [3.05, 3.63) is 30.3 Å². The zero-order valence-corrected chi connectivity index (χ0v) is 21.3. The molecule has 47 heavy (non-hydrogen) atoms. The quantitative estimate of drug-likeness (QED) is 0.149. The van der Waals surface area contributed by atoms with Crippen molar-refractivity contribution in [2.45, 2.75) is 70.7 Å². The van der Waals surface area contributed by atoms with Crippen molar-refractivity contribution in [2.75, 3.05) is 0 Å². The Balaban J connectivity index is 3.90. The van der Waals surface area contributed by atoms with Crippen molar-refractivity contribution >= 4 is 10.1 Å². The fraction of sp³-hybridized carbons (Fsp3) is 0.667. The zero-order valence-electron chi connectivity index (χ0n) is 20.5. The molecule has 1 aromatic carbocycles. The first-order valence-corrected chi connectivity index (χ1v) is 11.7. The van der Waals surface area contributed by atoms with Crippen LogP contribution < -0.4 is 4.18 Å². The normalized spacial score (nSPS) is 16.4. The molecule has 0 aromatic heterocycles. The number of hydrogen-bond acceptors (Lipinski definition) is 3. The maximum atomic E-state index is 14.0. The van der Waals surface area contributed by atoms with Gasteiger partial charge in [0, 0.05) is 0 Å². The van der Waals surface area contributed by atoms with Gasteiger partial charge in [0.25, 0.3) is 0 Å². The summed E-state index contributed by atoms with van der Waals surface area (Å²) in [5.41, 5.74) is 0. The third kappa shape index (κ3) is 5.25. The summed E-state index contributed by atoms with van der Waals surface area (Å²) < 4.78 is 362. The summed E-state index contributed by atoms with van der Waals surface area (Å²) in [5.74, 6) is -95.5. The fourth-order valence-corrected chi connectivity index (χ4v) is 3.66. The van der Waals surface area contributed by atoms with Crippen LogP contribution in [-0.2, 0) is 10.1 Å². The van der Waals surface area contributed by atoms with E-state index in [0.29, 0.717) is 12.1 Å². The molecule has 0 bridgehead atoms. The lowest BCUT2D eigenvalue weighted by Crippen LogP contribution is -2.78. The summed E-state index contributed by atoms with van der Waals surface area (Å²) in [5, 5.41) is -8.08. The van der Waals surface area contributed by atoms with Gasteiger partial charge in [-0.3, -0.25) is 0 Å². The van der Waals surface area contributed by atoms with E-state index in [9.17, 15) is 118 Å². The first-order chi connectivity index (χ1) is 20.1. The second-order valence-corrected chi connectivity index (χ2v) is 10.2. The Hall–Kier alpha value is -2.78. The van der Waals surface area contributed by atoms with E-state index in [1.54, 1.807) is 0 Å². The van der Waals surface area contributed by atoms with Crippen LogP contribution in [0.2, 0.25) is 0 Å². The number of rotatable bonds is 13. The molecule has 0 aliphatic rings. The highest BCUT2D eigenvalue weighted by Gasteiger charge is 3.00. The SMILES string of the molecule is O=S(=O)(Oc1ccccc1)C(F)(F)C(F)(F)C(F)(F)C(F)(F)C(F)(F)C(F)(F)C(F)(F)C(F)(F)C(F)(F)C(F)(F)C(F)(F)C(F)(F)F. The smallest absolute Gasteiger partial charge is 0.378 e. The van der Waals surface area contributed by atoms with Crippen molar-refractivity contribution < 1.29 is 122 Å². The van der Waals surface area contributed by atoms with Gasteiger partial charge in [0.15, 0.2) is 0 Å². The highest BCUT2D eigenvalue weighted by molar-refractivity contribution is 7.88.